The number of aliphatic hydroxyl groups excluding tert-OH is 1. The van der Waals surface area contributed by atoms with Crippen molar-refractivity contribution in [3.63, 3.8) is 0 Å². The van der Waals surface area contributed by atoms with Crippen LogP contribution in [0.1, 0.15) is 17.4 Å². The number of nitriles is 1. The minimum Gasteiger partial charge on any atom is -0.466 e. The highest BCUT2D eigenvalue weighted by Crippen LogP contribution is 2.32. The molecule has 7 heteroatoms. The van der Waals surface area contributed by atoms with Gasteiger partial charge >= 0.3 is 5.92 Å². The van der Waals surface area contributed by atoms with Crippen molar-refractivity contribution in [2.45, 2.75) is 12.0 Å². The van der Waals surface area contributed by atoms with E-state index in [-0.39, 0.29) is 0 Å². The number of halogens is 2. The van der Waals surface area contributed by atoms with Crippen LogP contribution in [0.3, 0.4) is 0 Å². The van der Waals surface area contributed by atoms with Gasteiger partial charge in [-0.15, -0.1) is 0 Å². The van der Waals surface area contributed by atoms with Crippen molar-refractivity contribution in [3.05, 3.63) is 66.3 Å². The number of aliphatic hydroxyl groups is 1. The molecule has 0 aliphatic carbocycles. The van der Waals surface area contributed by atoms with E-state index in [1.165, 1.54) is 12.1 Å². The van der Waals surface area contributed by atoms with E-state index in [1.54, 1.807) is 18.2 Å². The number of allylic oxidation sites excluding steroid dienone is 1. The third-order valence-corrected chi connectivity index (χ3v) is 3.01. The Bertz CT molecular complexity index is 749. The molecule has 1 unspecified atom stereocenters. The highest BCUT2D eigenvalue weighted by atomic mass is 19.3. The van der Waals surface area contributed by atoms with Crippen molar-refractivity contribution < 1.29 is 23.1 Å². The average molecular weight is 318 g/mol. The standard InChI is InChI=1S/C16H12F2N2O3/c17-16(18,15(22)13-6-3-9-23-13)14(21)7-8-20-12-5-2-1-4-11(12)10-19/h1-9,15,20,22H/b8-7-. The summed E-state index contributed by atoms with van der Waals surface area (Å²) in [4.78, 5) is 11.6. The molecule has 0 spiro atoms. The molecule has 0 amide bonds. The first-order valence-corrected chi connectivity index (χ1v) is 6.52. The quantitative estimate of drug-likeness (QED) is 0.800. The number of rotatable bonds is 6. The van der Waals surface area contributed by atoms with Crippen LogP contribution in [0.15, 0.2) is 59.4 Å². The fourth-order valence-electron chi connectivity index (χ4n) is 1.78. The summed E-state index contributed by atoms with van der Waals surface area (Å²) in [7, 11) is 0. The predicted octanol–water partition coefficient (Wildman–Crippen LogP) is 3.01. The third kappa shape index (κ3) is 3.62. The maximum absolute atomic E-state index is 13.9. The molecular formula is C16H12F2N2O3. The number of nitrogens with zero attached hydrogens (tertiary/aromatic N) is 1. The molecule has 1 aromatic carbocycles. The molecule has 1 aromatic heterocycles. The van der Waals surface area contributed by atoms with Gasteiger partial charge in [0.1, 0.15) is 11.8 Å². The van der Waals surface area contributed by atoms with E-state index in [9.17, 15) is 18.7 Å². The topological polar surface area (TPSA) is 86.3 Å². The molecule has 0 radical (unpaired) electrons. The molecule has 5 nitrogen and oxygen atoms in total. The second kappa shape index (κ2) is 6.85. The van der Waals surface area contributed by atoms with E-state index in [0.717, 1.165) is 18.5 Å². The monoisotopic (exact) mass is 318 g/mol. The Hall–Kier alpha value is -2.98. The van der Waals surface area contributed by atoms with Gasteiger partial charge in [0.2, 0.25) is 5.78 Å². The van der Waals surface area contributed by atoms with Gasteiger partial charge in [0, 0.05) is 12.3 Å². The number of para-hydroxylation sites is 1. The van der Waals surface area contributed by atoms with Crippen LogP contribution < -0.4 is 5.32 Å². The molecular weight excluding hydrogens is 306 g/mol. The molecule has 0 bridgehead atoms. The summed E-state index contributed by atoms with van der Waals surface area (Å²) in [5.41, 5.74) is 0.668. The van der Waals surface area contributed by atoms with Crippen LogP contribution in [0.25, 0.3) is 0 Å². The number of nitrogens with one attached hydrogen (secondary N) is 1. The highest BCUT2D eigenvalue weighted by Gasteiger charge is 2.47. The smallest absolute Gasteiger partial charge is 0.341 e. The summed E-state index contributed by atoms with van der Waals surface area (Å²) in [6, 6.07) is 10.8. The Morgan fingerprint density at radius 3 is 2.74 bits per heavy atom. The van der Waals surface area contributed by atoms with Crippen LogP contribution in [0.2, 0.25) is 0 Å². The summed E-state index contributed by atoms with van der Waals surface area (Å²) in [6.45, 7) is 0. The lowest BCUT2D eigenvalue weighted by atomic mass is 10.1. The van der Waals surface area contributed by atoms with Gasteiger partial charge in [0.15, 0.2) is 6.10 Å². The number of hydrogen-bond acceptors (Lipinski definition) is 5. The van der Waals surface area contributed by atoms with Gasteiger partial charge in [0.25, 0.3) is 0 Å². The van der Waals surface area contributed by atoms with Crippen LogP contribution in [-0.4, -0.2) is 16.8 Å². The lowest BCUT2D eigenvalue weighted by Crippen LogP contribution is -2.34. The van der Waals surface area contributed by atoms with Gasteiger partial charge in [-0.3, -0.25) is 4.79 Å². The molecule has 1 heterocycles. The number of hydrogen-bond donors (Lipinski definition) is 2. The van der Waals surface area contributed by atoms with E-state index in [1.807, 2.05) is 6.07 Å². The van der Waals surface area contributed by atoms with Gasteiger partial charge in [-0.1, -0.05) is 12.1 Å². The summed E-state index contributed by atoms with van der Waals surface area (Å²) < 4.78 is 32.4. The van der Waals surface area contributed by atoms with Crippen LogP contribution in [0.4, 0.5) is 14.5 Å². The molecule has 1 atom stereocenters. The van der Waals surface area contributed by atoms with E-state index < -0.39 is 23.6 Å². The molecule has 0 saturated heterocycles. The minimum atomic E-state index is -4.04. The van der Waals surface area contributed by atoms with Crippen molar-refractivity contribution in [2.75, 3.05) is 5.32 Å². The Kier molecular flexibility index (Phi) is 4.88. The largest absolute Gasteiger partial charge is 0.466 e. The lowest BCUT2D eigenvalue weighted by Gasteiger charge is -2.17. The maximum atomic E-state index is 13.9. The van der Waals surface area contributed by atoms with Crippen LogP contribution in [0.5, 0.6) is 0 Å². The summed E-state index contributed by atoms with van der Waals surface area (Å²) in [6.07, 6.45) is 0.331. The van der Waals surface area contributed by atoms with E-state index >= 15 is 0 Å². The summed E-state index contributed by atoms with van der Waals surface area (Å²) >= 11 is 0. The molecule has 0 aliphatic heterocycles. The molecule has 0 aliphatic rings. The molecule has 23 heavy (non-hydrogen) atoms. The van der Waals surface area contributed by atoms with E-state index in [4.69, 9.17) is 5.26 Å². The second-order valence-corrected chi connectivity index (χ2v) is 4.54. The van der Waals surface area contributed by atoms with Crippen molar-refractivity contribution >= 4 is 11.5 Å². The lowest BCUT2D eigenvalue weighted by molar-refractivity contribution is -0.158. The zero-order valence-electron chi connectivity index (χ0n) is 11.7. The van der Waals surface area contributed by atoms with Crippen molar-refractivity contribution in [1.29, 1.82) is 5.26 Å². The molecule has 2 N–H and O–H groups in total. The third-order valence-electron chi connectivity index (χ3n) is 3.01. The fraction of sp³-hybridized carbons (Fsp3) is 0.125. The first kappa shape index (κ1) is 16.4. The average Bonchev–Trinajstić information content (AvgIpc) is 3.08. The molecule has 2 aromatic rings. The van der Waals surface area contributed by atoms with Gasteiger partial charge in [-0.25, -0.2) is 0 Å². The van der Waals surface area contributed by atoms with Crippen molar-refractivity contribution in [2.24, 2.45) is 0 Å². The SMILES string of the molecule is N#Cc1ccccc1N/C=C\C(=O)C(F)(F)C(O)c1ccco1. The fourth-order valence-corrected chi connectivity index (χ4v) is 1.78. The first-order chi connectivity index (χ1) is 11.0. The number of benzene rings is 1. The number of carbonyl (C=O) groups is 1. The second-order valence-electron chi connectivity index (χ2n) is 4.54. The number of carbonyl (C=O) groups excluding carboxylic acids is 1. The van der Waals surface area contributed by atoms with Gasteiger partial charge in [-0.2, -0.15) is 14.0 Å². The highest BCUT2D eigenvalue weighted by molar-refractivity contribution is 5.96. The van der Waals surface area contributed by atoms with Gasteiger partial charge in [-0.05, 0) is 24.3 Å². The zero-order chi connectivity index (χ0) is 16.9. The van der Waals surface area contributed by atoms with Crippen LogP contribution >= 0.6 is 0 Å². The predicted molar refractivity (Wildman–Crippen MR) is 77.5 cm³/mol. The maximum Gasteiger partial charge on any atom is 0.341 e. The Labute approximate surface area is 130 Å². The van der Waals surface area contributed by atoms with E-state index in [0.29, 0.717) is 17.3 Å². The first-order valence-electron chi connectivity index (χ1n) is 6.52. The Balaban J connectivity index is 2.07. The van der Waals surface area contributed by atoms with Gasteiger partial charge in [0.05, 0.1) is 17.5 Å². The van der Waals surface area contributed by atoms with E-state index in [2.05, 4.69) is 9.73 Å². The molecule has 2 rings (SSSR count). The number of anilines is 1. The number of furan rings is 1. The summed E-state index contributed by atoms with van der Waals surface area (Å²) in [5, 5.41) is 21.0. The molecule has 0 saturated carbocycles. The molecule has 118 valence electrons. The molecule has 0 fully saturated rings. The summed E-state index contributed by atoms with van der Waals surface area (Å²) in [5.74, 6) is -6.03. The normalized spacial score (nSPS) is 12.8. The Morgan fingerprint density at radius 2 is 2.09 bits per heavy atom. The Morgan fingerprint density at radius 1 is 1.35 bits per heavy atom. The van der Waals surface area contributed by atoms with Crippen LogP contribution in [0, 0.1) is 11.3 Å². The zero-order valence-corrected chi connectivity index (χ0v) is 11.7. The van der Waals surface area contributed by atoms with Crippen molar-refractivity contribution in [3.8, 4) is 6.07 Å². The van der Waals surface area contributed by atoms with Crippen molar-refractivity contribution in [1.82, 2.24) is 0 Å². The van der Waals surface area contributed by atoms with Gasteiger partial charge < -0.3 is 14.8 Å². The minimum absolute atomic E-state index is 0.298. The number of ketones is 1. The number of alkyl halides is 2. The van der Waals surface area contributed by atoms with Crippen LogP contribution in [-0.2, 0) is 4.79 Å².